The summed E-state index contributed by atoms with van der Waals surface area (Å²) in [6, 6.07) is 15.1. The van der Waals surface area contributed by atoms with E-state index in [2.05, 4.69) is 30.9 Å². The van der Waals surface area contributed by atoms with Gasteiger partial charge in [-0.1, -0.05) is 42.6 Å². The molecular formula is C23H25ClN6O. The number of rotatable bonds is 8. The molecule has 7 nitrogen and oxygen atoms in total. The first-order valence-electron chi connectivity index (χ1n) is 10.4. The molecule has 8 heteroatoms. The largest absolute Gasteiger partial charge is 0.368 e. The van der Waals surface area contributed by atoms with Crippen LogP contribution in [0.15, 0.2) is 61.1 Å². The molecule has 4 rings (SSSR count). The van der Waals surface area contributed by atoms with Gasteiger partial charge >= 0.3 is 0 Å². The molecule has 0 bridgehead atoms. The van der Waals surface area contributed by atoms with E-state index in [4.69, 9.17) is 11.6 Å². The van der Waals surface area contributed by atoms with Crippen LogP contribution in [0.2, 0.25) is 5.02 Å². The molecule has 0 unspecified atom stereocenters. The Morgan fingerprint density at radius 2 is 1.71 bits per heavy atom. The maximum Gasteiger partial charge on any atom is 0.230 e. The lowest BCUT2D eigenvalue weighted by atomic mass is 9.78. The van der Waals surface area contributed by atoms with Crippen molar-refractivity contribution in [3.05, 3.63) is 71.6 Å². The highest BCUT2D eigenvalue weighted by atomic mass is 35.5. The fourth-order valence-corrected chi connectivity index (χ4v) is 4.15. The fraction of sp³-hybridized carbons (Fsp3) is 0.304. The fourth-order valence-electron chi connectivity index (χ4n) is 4.02. The van der Waals surface area contributed by atoms with E-state index in [9.17, 15) is 4.79 Å². The Morgan fingerprint density at radius 1 is 0.935 bits per heavy atom. The van der Waals surface area contributed by atoms with E-state index in [-0.39, 0.29) is 5.91 Å². The Hall–Kier alpha value is -3.19. The molecule has 1 fully saturated rings. The van der Waals surface area contributed by atoms with Crippen molar-refractivity contribution in [2.24, 2.45) is 0 Å². The molecule has 31 heavy (non-hydrogen) atoms. The summed E-state index contributed by atoms with van der Waals surface area (Å²) < 4.78 is 0. The number of anilines is 3. The van der Waals surface area contributed by atoms with Crippen molar-refractivity contribution < 1.29 is 4.79 Å². The molecule has 2 heterocycles. The lowest BCUT2D eigenvalue weighted by molar-refractivity contribution is -0.126. The zero-order chi connectivity index (χ0) is 21.5. The zero-order valence-electron chi connectivity index (χ0n) is 17.1. The van der Waals surface area contributed by atoms with Crippen LogP contribution in [0.1, 0.15) is 31.2 Å². The maximum atomic E-state index is 13.1. The van der Waals surface area contributed by atoms with E-state index in [1.807, 2.05) is 48.5 Å². The van der Waals surface area contributed by atoms with Crippen LogP contribution in [0.5, 0.6) is 0 Å². The Morgan fingerprint density at radius 3 is 2.45 bits per heavy atom. The molecule has 0 spiro atoms. The third kappa shape index (κ3) is 5.11. The lowest BCUT2D eigenvalue weighted by Gasteiger charge is -2.28. The third-order valence-corrected chi connectivity index (χ3v) is 5.85. The first-order valence-corrected chi connectivity index (χ1v) is 10.8. The highest BCUT2D eigenvalue weighted by Crippen LogP contribution is 2.41. The minimum absolute atomic E-state index is 0.0781. The van der Waals surface area contributed by atoms with Gasteiger partial charge in [0.25, 0.3) is 0 Å². The summed E-state index contributed by atoms with van der Waals surface area (Å²) in [4.78, 5) is 25.8. The summed E-state index contributed by atoms with van der Waals surface area (Å²) in [5.74, 6) is 2.11. The highest BCUT2D eigenvalue weighted by Gasteiger charge is 2.42. The minimum Gasteiger partial charge on any atom is -0.368 e. The number of nitrogens with zero attached hydrogens (tertiary/aromatic N) is 3. The number of pyridine rings is 1. The van der Waals surface area contributed by atoms with Gasteiger partial charge in [0.1, 0.15) is 23.8 Å². The number of hydrogen-bond acceptors (Lipinski definition) is 6. The molecule has 1 aliphatic rings. The van der Waals surface area contributed by atoms with Crippen molar-refractivity contribution >= 4 is 35.0 Å². The van der Waals surface area contributed by atoms with Crippen molar-refractivity contribution in [1.82, 2.24) is 20.3 Å². The van der Waals surface area contributed by atoms with Gasteiger partial charge in [-0.3, -0.25) is 4.79 Å². The van der Waals surface area contributed by atoms with Crippen LogP contribution in [-0.4, -0.2) is 33.9 Å². The molecule has 3 aromatic rings. The van der Waals surface area contributed by atoms with Crippen LogP contribution in [0.3, 0.4) is 0 Å². The number of nitrogens with one attached hydrogen (secondary N) is 3. The Balaban J connectivity index is 1.31. The standard InChI is InChI=1S/C23H25ClN6O/c24-18-8-6-17(7-9-18)23(10-2-3-11-23)22(31)27-14-13-26-20-15-21(29-16-28-20)30-19-5-1-4-12-25-19/h1,4-9,12,15-16H,2-3,10-11,13-14H2,(H,27,31)(H2,25,26,28,29,30). The van der Waals surface area contributed by atoms with Gasteiger partial charge in [0, 0.05) is 30.4 Å². The van der Waals surface area contributed by atoms with Crippen molar-refractivity contribution in [2.75, 3.05) is 23.7 Å². The second kappa shape index (κ2) is 9.75. The summed E-state index contributed by atoms with van der Waals surface area (Å²) in [5, 5.41) is 10.2. The summed E-state index contributed by atoms with van der Waals surface area (Å²) in [6.45, 7) is 1.06. The zero-order valence-corrected chi connectivity index (χ0v) is 17.9. The number of carbonyl (C=O) groups excluding carboxylic acids is 1. The van der Waals surface area contributed by atoms with Gasteiger partial charge in [-0.05, 0) is 42.7 Å². The average molecular weight is 437 g/mol. The number of benzene rings is 1. The van der Waals surface area contributed by atoms with Crippen LogP contribution in [0.4, 0.5) is 17.5 Å². The monoisotopic (exact) mass is 436 g/mol. The summed E-state index contributed by atoms with van der Waals surface area (Å²) in [5.41, 5.74) is 0.583. The van der Waals surface area contributed by atoms with E-state index < -0.39 is 5.41 Å². The van der Waals surface area contributed by atoms with Crippen molar-refractivity contribution in [2.45, 2.75) is 31.1 Å². The number of hydrogen-bond donors (Lipinski definition) is 3. The number of aromatic nitrogens is 3. The van der Waals surface area contributed by atoms with E-state index >= 15 is 0 Å². The molecule has 1 aliphatic carbocycles. The Bertz CT molecular complexity index is 1010. The molecule has 0 saturated heterocycles. The van der Waals surface area contributed by atoms with Crippen molar-refractivity contribution in [3.63, 3.8) is 0 Å². The van der Waals surface area contributed by atoms with Gasteiger partial charge in [-0.25, -0.2) is 15.0 Å². The van der Waals surface area contributed by atoms with Crippen LogP contribution >= 0.6 is 11.6 Å². The van der Waals surface area contributed by atoms with Crippen LogP contribution in [0, 0.1) is 0 Å². The topological polar surface area (TPSA) is 91.8 Å². The van der Waals surface area contributed by atoms with Gasteiger partial charge in [0.05, 0.1) is 5.41 Å². The molecule has 1 saturated carbocycles. The van der Waals surface area contributed by atoms with E-state index in [0.717, 1.165) is 31.2 Å². The maximum absolute atomic E-state index is 13.1. The lowest BCUT2D eigenvalue weighted by Crippen LogP contribution is -2.44. The molecule has 1 amide bonds. The number of carbonyl (C=O) groups is 1. The first-order chi connectivity index (χ1) is 15.2. The Labute approximate surface area is 186 Å². The molecule has 3 N–H and O–H groups in total. The first kappa shape index (κ1) is 21.1. The van der Waals surface area contributed by atoms with Crippen molar-refractivity contribution in [1.29, 1.82) is 0 Å². The van der Waals surface area contributed by atoms with Gasteiger partial charge < -0.3 is 16.0 Å². The smallest absolute Gasteiger partial charge is 0.230 e. The normalized spacial score (nSPS) is 14.7. The van der Waals surface area contributed by atoms with Crippen LogP contribution in [0.25, 0.3) is 0 Å². The van der Waals surface area contributed by atoms with Gasteiger partial charge in [0.2, 0.25) is 5.91 Å². The van der Waals surface area contributed by atoms with Gasteiger partial charge in [0.15, 0.2) is 0 Å². The molecular weight excluding hydrogens is 412 g/mol. The second-order valence-electron chi connectivity index (χ2n) is 7.61. The minimum atomic E-state index is -0.459. The van der Waals surface area contributed by atoms with Crippen molar-refractivity contribution in [3.8, 4) is 0 Å². The van der Waals surface area contributed by atoms with Crippen LogP contribution < -0.4 is 16.0 Å². The molecule has 0 radical (unpaired) electrons. The summed E-state index contributed by atoms with van der Waals surface area (Å²) >= 11 is 6.03. The Kier molecular flexibility index (Phi) is 6.62. The van der Waals surface area contributed by atoms with E-state index in [0.29, 0.717) is 35.6 Å². The highest BCUT2D eigenvalue weighted by molar-refractivity contribution is 6.30. The van der Waals surface area contributed by atoms with E-state index in [1.54, 1.807) is 6.20 Å². The summed E-state index contributed by atoms with van der Waals surface area (Å²) in [6.07, 6.45) is 7.04. The summed E-state index contributed by atoms with van der Waals surface area (Å²) in [7, 11) is 0. The molecule has 2 aromatic heterocycles. The van der Waals surface area contributed by atoms with Crippen LogP contribution in [-0.2, 0) is 10.2 Å². The average Bonchev–Trinajstić information content (AvgIpc) is 3.29. The SMILES string of the molecule is O=C(NCCNc1cc(Nc2ccccn2)ncn1)C1(c2ccc(Cl)cc2)CCCC1. The van der Waals surface area contributed by atoms with E-state index in [1.165, 1.54) is 6.33 Å². The van der Waals surface area contributed by atoms with Gasteiger partial charge in [-0.2, -0.15) is 0 Å². The second-order valence-corrected chi connectivity index (χ2v) is 8.04. The molecule has 0 aliphatic heterocycles. The molecule has 1 aromatic carbocycles. The predicted octanol–water partition coefficient (Wildman–Crippen LogP) is 4.31. The number of amides is 1. The predicted molar refractivity (Wildman–Crippen MR) is 123 cm³/mol. The molecule has 0 atom stereocenters. The molecule has 160 valence electrons. The quantitative estimate of drug-likeness (QED) is 0.456. The number of halogens is 1. The van der Waals surface area contributed by atoms with Gasteiger partial charge in [-0.15, -0.1) is 0 Å². The third-order valence-electron chi connectivity index (χ3n) is 5.59.